The SMILES string of the molecule is CC(=O)c1cc(Cl)ccc1OCC(C)(C)O. The highest BCUT2D eigenvalue weighted by atomic mass is 35.5. The molecule has 16 heavy (non-hydrogen) atoms. The molecule has 1 N–H and O–H groups in total. The second kappa shape index (κ2) is 4.85. The van der Waals surface area contributed by atoms with Gasteiger partial charge in [0, 0.05) is 5.02 Å². The summed E-state index contributed by atoms with van der Waals surface area (Å²) in [5.74, 6) is 0.326. The second-order valence-electron chi connectivity index (χ2n) is 4.30. The summed E-state index contributed by atoms with van der Waals surface area (Å²) in [6.45, 7) is 4.84. The number of rotatable bonds is 4. The van der Waals surface area contributed by atoms with Gasteiger partial charge in [-0.25, -0.2) is 0 Å². The van der Waals surface area contributed by atoms with Crippen LogP contribution in [0.15, 0.2) is 18.2 Å². The zero-order chi connectivity index (χ0) is 12.3. The minimum atomic E-state index is -0.937. The summed E-state index contributed by atoms with van der Waals surface area (Å²) in [5.41, 5.74) is -0.509. The summed E-state index contributed by atoms with van der Waals surface area (Å²) in [5, 5.41) is 10.0. The molecule has 0 amide bonds. The van der Waals surface area contributed by atoms with E-state index in [4.69, 9.17) is 16.3 Å². The first-order chi connectivity index (χ1) is 7.29. The van der Waals surface area contributed by atoms with Crippen LogP contribution in [0.25, 0.3) is 0 Å². The van der Waals surface area contributed by atoms with Crippen LogP contribution in [0.4, 0.5) is 0 Å². The van der Waals surface area contributed by atoms with E-state index in [-0.39, 0.29) is 12.4 Å². The fourth-order valence-electron chi connectivity index (χ4n) is 1.16. The van der Waals surface area contributed by atoms with E-state index in [1.807, 2.05) is 0 Å². The Morgan fingerprint density at radius 2 is 2.12 bits per heavy atom. The van der Waals surface area contributed by atoms with E-state index in [0.29, 0.717) is 16.3 Å². The van der Waals surface area contributed by atoms with Gasteiger partial charge in [0.05, 0.1) is 11.2 Å². The largest absolute Gasteiger partial charge is 0.490 e. The third-order valence-corrected chi connectivity index (χ3v) is 2.14. The molecule has 0 unspecified atom stereocenters. The van der Waals surface area contributed by atoms with Gasteiger partial charge in [0.25, 0.3) is 0 Å². The van der Waals surface area contributed by atoms with Gasteiger partial charge in [-0.2, -0.15) is 0 Å². The molecule has 1 aromatic carbocycles. The van der Waals surface area contributed by atoms with Crippen LogP contribution in [0.1, 0.15) is 31.1 Å². The van der Waals surface area contributed by atoms with Gasteiger partial charge in [-0.1, -0.05) is 11.6 Å². The predicted octanol–water partition coefficient (Wildman–Crippen LogP) is 2.69. The minimum Gasteiger partial charge on any atom is -0.490 e. The van der Waals surface area contributed by atoms with Crippen LogP contribution in [0.3, 0.4) is 0 Å². The Labute approximate surface area is 100.0 Å². The molecule has 0 fully saturated rings. The average molecular weight is 243 g/mol. The Hall–Kier alpha value is -1.06. The van der Waals surface area contributed by atoms with Gasteiger partial charge >= 0.3 is 0 Å². The van der Waals surface area contributed by atoms with Crippen LogP contribution in [-0.2, 0) is 0 Å². The lowest BCUT2D eigenvalue weighted by atomic mass is 10.1. The maximum absolute atomic E-state index is 11.3. The number of ketones is 1. The van der Waals surface area contributed by atoms with Crippen LogP contribution < -0.4 is 4.74 Å². The van der Waals surface area contributed by atoms with Crippen LogP contribution >= 0.6 is 11.6 Å². The molecule has 0 aliphatic carbocycles. The Kier molecular flexibility index (Phi) is 3.94. The Balaban J connectivity index is 2.91. The van der Waals surface area contributed by atoms with Crippen molar-refractivity contribution < 1.29 is 14.6 Å². The van der Waals surface area contributed by atoms with Gasteiger partial charge in [-0.3, -0.25) is 4.79 Å². The molecule has 1 rings (SSSR count). The molecule has 0 aliphatic rings. The Morgan fingerprint density at radius 3 is 2.62 bits per heavy atom. The summed E-state index contributed by atoms with van der Waals surface area (Å²) < 4.78 is 5.39. The molecule has 0 radical (unpaired) electrons. The lowest BCUT2D eigenvalue weighted by molar-refractivity contribution is 0.0281. The van der Waals surface area contributed by atoms with Gasteiger partial charge in [0.2, 0.25) is 0 Å². The average Bonchev–Trinajstić information content (AvgIpc) is 2.14. The van der Waals surface area contributed by atoms with Crippen LogP contribution in [0.2, 0.25) is 5.02 Å². The second-order valence-corrected chi connectivity index (χ2v) is 4.73. The standard InChI is InChI=1S/C12H15ClO3/c1-8(14)10-6-9(13)4-5-11(10)16-7-12(2,3)15/h4-6,15H,7H2,1-3H3. The predicted molar refractivity (Wildman–Crippen MR) is 63.2 cm³/mol. The molecule has 0 bridgehead atoms. The third-order valence-electron chi connectivity index (χ3n) is 1.90. The van der Waals surface area contributed by atoms with Crippen molar-refractivity contribution in [3.8, 4) is 5.75 Å². The topological polar surface area (TPSA) is 46.5 Å². The Bertz CT molecular complexity index is 394. The highest BCUT2D eigenvalue weighted by molar-refractivity contribution is 6.31. The fraction of sp³-hybridized carbons (Fsp3) is 0.417. The van der Waals surface area contributed by atoms with E-state index < -0.39 is 5.60 Å². The number of hydrogen-bond acceptors (Lipinski definition) is 3. The van der Waals surface area contributed by atoms with E-state index in [9.17, 15) is 9.90 Å². The van der Waals surface area contributed by atoms with Crippen LogP contribution in [-0.4, -0.2) is 23.1 Å². The van der Waals surface area contributed by atoms with Crippen molar-refractivity contribution in [3.63, 3.8) is 0 Å². The molecule has 0 aromatic heterocycles. The molecule has 3 nitrogen and oxygen atoms in total. The summed E-state index contributed by atoms with van der Waals surface area (Å²) in [7, 11) is 0. The smallest absolute Gasteiger partial charge is 0.163 e. The van der Waals surface area contributed by atoms with E-state index in [0.717, 1.165) is 0 Å². The maximum Gasteiger partial charge on any atom is 0.163 e. The van der Waals surface area contributed by atoms with Crippen molar-refractivity contribution in [1.29, 1.82) is 0 Å². The van der Waals surface area contributed by atoms with Gasteiger partial charge in [-0.15, -0.1) is 0 Å². The maximum atomic E-state index is 11.3. The zero-order valence-corrected chi connectivity index (χ0v) is 10.3. The number of benzene rings is 1. The monoisotopic (exact) mass is 242 g/mol. The van der Waals surface area contributed by atoms with Crippen LogP contribution in [0.5, 0.6) is 5.75 Å². The van der Waals surface area contributed by atoms with E-state index >= 15 is 0 Å². The van der Waals surface area contributed by atoms with Crippen molar-refractivity contribution in [2.75, 3.05) is 6.61 Å². The molecule has 0 saturated carbocycles. The van der Waals surface area contributed by atoms with Gasteiger partial charge < -0.3 is 9.84 Å². The lowest BCUT2D eigenvalue weighted by Gasteiger charge is -2.19. The first kappa shape index (κ1) is 13.0. The van der Waals surface area contributed by atoms with Crippen molar-refractivity contribution >= 4 is 17.4 Å². The van der Waals surface area contributed by atoms with Gasteiger partial charge in [0.1, 0.15) is 12.4 Å². The van der Waals surface area contributed by atoms with E-state index in [1.54, 1.807) is 32.0 Å². The molecule has 0 aliphatic heterocycles. The summed E-state index contributed by atoms with van der Waals surface area (Å²) in [6.07, 6.45) is 0. The Morgan fingerprint density at radius 1 is 1.50 bits per heavy atom. The molecular formula is C12H15ClO3. The first-order valence-electron chi connectivity index (χ1n) is 4.95. The summed E-state index contributed by atoms with van der Waals surface area (Å²) in [6, 6.07) is 4.84. The summed E-state index contributed by atoms with van der Waals surface area (Å²) in [4.78, 5) is 11.3. The van der Waals surface area contributed by atoms with E-state index in [1.165, 1.54) is 6.92 Å². The summed E-state index contributed by atoms with van der Waals surface area (Å²) >= 11 is 5.79. The highest BCUT2D eigenvalue weighted by Gasteiger charge is 2.16. The minimum absolute atomic E-state index is 0.117. The van der Waals surface area contributed by atoms with Gasteiger partial charge in [0.15, 0.2) is 5.78 Å². The van der Waals surface area contributed by atoms with Crippen molar-refractivity contribution in [2.24, 2.45) is 0 Å². The quantitative estimate of drug-likeness (QED) is 0.826. The molecule has 1 aromatic rings. The molecule has 88 valence electrons. The van der Waals surface area contributed by atoms with E-state index in [2.05, 4.69) is 0 Å². The lowest BCUT2D eigenvalue weighted by Crippen LogP contribution is -2.28. The normalized spacial score (nSPS) is 11.3. The molecule has 0 heterocycles. The fourth-order valence-corrected chi connectivity index (χ4v) is 1.33. The van der Waals surface area contributed by atoms with Crippen molar-refractivity contribution in [1.82, 2.24) is 0 Å². The molecule has 0 spiro atoms. The third kappa shape index (κ3) is 3.83. The number of hydrogen-bond donors (Lipinski definition) is 1. The number of halogens is 1. The number of carbonyl (C=O) groups excluding carboxylic acids is 1. The van der Waals surface area contributed by atoms with Crippen LogP contribution in [0, 0.1) is 0 Å². The number of ether oxygens (including phenoxy) is 1. The van der Waals surface area contributed by atoms with Crippen molar-refractivity contribution in [3.05, 3.63) is 28.8 Å². The first-order valence-corrected chi connectivity index (χ1v) is 5.33. The van der Waals surface area contributed by atoms with Crippen molar-refractivity contribution in [2.45, 2.75) is 26.4 Å². The molecule has 0 saturated heterocycles. The molecule has 0 atom stereocenters. The zero-order valence-electron chi connectivity index (χ0n) is 9.58. The molecular weight excluding hydrogens is 228 g/mol. The number of carbonyl (C=O) groups is 1. The highest BCUT2D eigenvalue weighted by Crippen LogP contribution is 2.24. The number of Topliss-reactive ketones (excluding diaryl/α,β-unsaturated/α-hetero) is 1. The molecule has 4 heteroatoms. The van der Waals surface area contributed by atoms with Gasteiger partial charge in [-0.05, 0) is 39.0 Å². The number of aliphatic hydroxyl groups is 1.